The second-order valence-corrected chi connectivity index (χ2v) is 6.32. The number of rotatable bonds is 3. The number of carbonyl (C=O) groups excluding carboxylic acids is 1. The van der Waals surface area contributed by atoms with Crippen LogP contribution in [0.15, 0.2) is 30.5 Å². The largest absolute Gasteiger partial charge is 0.355 e. The smallest absolute Gasteiger partial charge is 0.251 e. The number of aromatic nitrogens is 1. The Kier molecular flexibility index (Phi) is 4.07. The number of likely N-dealkylation sites (tertiary alicyclic amines) is 1. The Balaban J connectivity index is 1.82. The molecule has 5 nitrogen and oxygen atoms in total. The lowest BCUT2D eigenvalue weighted by Crippen LogP contribution is -2.17. The van der Waals surface area contributed by atoms with Crippen molar-refractivity contribution in [2.45, 2.75) is 12.3 Å². The fourth-order valence-corrected chi connectivity index (χ4v) is 3.66. The minimum atomic E-state index is -0.0907. The van der Waals surface area contributed by atoms with Crippen molar-refractivity contribution in [3.63, 3.8) is 0 Å². The highest BCUT2D eigenvalue weighted by molar-refractivity contribution is 7.15. The van der Waals surface area contributed by atoms with Crippen molar-refractivity contribution in [2.75, 3.05) is 20.1 Å². The molecule has 2 aromatic rings. The molecule has 0 radical (unpaired) electrons. The predicted octanol–water partition coefficient (Wildman–Crippen LogP) is 2.44. The van der Waals surface area contributed by atoms with Gasteiger partial charge in [0.2, 0.25) is 0 Å². The van der Waals surface area contributed by atoms with Crippen LogP contribution in [0.3, 0.4) is 0 Å². The van der Waals surface area contributed by atoms with Crippen LogP contribution in [0.4, 0.5) is 0 Å². The van der Waals surface area contributed by atoms with E-state index in [2.05, 4.69) is 16.5 Å². The number of nitrogens with zero attached hydrogens (tertiary/aromatic N) is 3. The number of carbonyl (C=O) groups is 1. The van der Waals surface area contributed by atoms with Gasteiger partial charge in [0, 0.05) is 37.8 Å². The Hall–Kier alpha value is -2.39. The van der Waals surface area contributed by atoms with Crippen molar-refractivity contribution in [3.05, 3.63) is 41.0 Å². The predicted molar refractivity (Wildman–Crippen MR) is 85.5 cm³/mol. The van der Waals surface area contributed by atoms with Gasteiger partial charge in [0.1, 0.15) is 0 Å². The summed E-state index contributed by atoms with van der Waals surface area (Å²) in [6.45, 7) is 1.56. The summed E-state index contributed by atoms with van der Waals surface area (Å²) in [7, 11) is 1.63. The highest BCUT2D eigenvalue weighted by atomic mass is 32.1. The van der Waals surface area contributed by atoms with Crippen molar-refractivity contribution in [1.29, 1.82) is 5.26 Å². The maximum absolute atomic E-state index is 11.7. The fourth-order valence-electron chi connectivity index (χ4n) is 2.62. The molecule has 22 heavy (non-hydrogen) atoms. The van der Waals surface area contributed by atoms with Crippen LogP contribution in [0.5, 0.6) is 0 Å². The number of nitriles is 1. The lowest BCUT2D eigenvalue weighted by Gasteiger charge is -2.05. The van der Waals surface area contributed by atoms with E-state index in [1.807, 2.05) is 24.4 Å². The molecule has 0 saturated carbocycles. The van der Waals surface area contributed by atoms with Gasteiger partial charge in [-0.1, -0.05) is 12.1 Å². The van der Waals surface area contributed by atoms with Crippen molar-refractivity contribution in [2.24, 2.45) is 0 Å². The average Bonchev–Trinajstić information content (AvgIpc) is 3.22. The van der Waals surface area contributed by atoms with Crippen LogP contribution < -0.4 is 5.32 Å². The summed E-state index contributed by atoms with van der Waals surface area (Å²) in [5, 5.41) is 12.6. The van der Waals surface area contributed by atoms with E-state index >= 15 is 0 Å². The van der Waals surface area contributed by atoms with Gasteiger partial charge in [-0.3, -0.25) is 4.79 Å². The minimum absolute atomic E-state index is 0.0907. The lowest BCUT2D eigenvalue weighted by atomic mass is 10.1. The molecule has 1 N–H and O–H groups in total. The number of hydrogen-bond acceptors (Lipinski definition) is 5. The lowest BCUT2D eigenvalue weighted by molar-refractivity contribution is 0.0963. The molecule has 1 aromatic carbocycles. The average molecular weight is 312 g/mol. The quantitative estimate of drug-likeness (QED) is 0.884. The van der Waals surface area contributed by atoms with E-state index in [1.54, 1.807) is 29.4 Å². The monoisotopic (exact) mass is 312 g/mol. The van der Waals surface area contributed by atoms with Crippen LogP contribution in [0.25, 0.3) is 10.4 Å². The normalized spacial score (nSPS) is 17.3. The van der Waals surface area contributed by atoms with E-state index in [0.717, 1.165) is 35.0 Å². The zero-order valence-electron chi connectivity index (χ0n) is 12.2. The number of benzene rings is 1. The molecule has 0 aliphatic carbocycles. The molecule has 0 spiro atoms. The Bertz CT molecular complexity index is 734. The Morgan fingerprint density at radius 1 is 1.55 bits per heavy atom. The van der Waals surface area contributed by atoms with E-state index in [9.17, 15) is 4.79 Å². The molecule has 1 aliphatic heterocycles. The topological polar surface area (TPSA) is 69.0 Å². The highest BCUT2D eigenvalue weighted by Gasteiger charge is 2.25. The maximum atomic E-state index is 11.7. The van der Waals surface area contributed by atoms with Gasteiger partial charge in [-0.2, -0.15) is 5.26 Å². The minimum Gasteiger partial charge on any atom is -0.355 e. The van der Waals surface area contributed by atoms with Gasteiger partial charge in [-0.15, -0.1) is 11.3 Å². The summed E-state index contributed by atoms with van der Waals surface area (Å²) in [5.41, 5.74) is 1.64. The molecule has 1 amide bonds. The molecule has 1 saturated heterocycles. The summed E-state index contributed by atoms with van der Waals surface area (Å²) in [6, 6.07) is 7.55. The molecule has 1 fully saturated rings. The van der Waals surface area contributed by atoms with E-state index in [-0.39, 0.29) is 5.91 Å². The van der Waals surface area contributed by atoms with E-state index in [0.29, 0.717) is 11.5 Å². The van der Waals surface area contributed by atoms with Crippen molar-refractivity contribution in [3.8, 4) is 16.6 Å². The van der Waals surface area contributed by atoms with Crippen LogP contribution in [-0.4, -0.2) is 35.9 Å². The molecule has 1 atom stereocenters. The third-order valence-corrected chi connectivity index (χ3v) is 5.05. The summed E-state index contributed by atoms with van der Waals surface area (Å²) in [6.07, 6.45) is 5.02. The van der Waals surface area contributed by atoms with Crippen molar-refractivity contribution < 1.29 is 4.79 Å². The first kappa shape index (κ1) is 14.5. The molecule has 1 aliphatic rings. The first-order valence-corrected chi connectivity index (χ1v) is 7.96. The second-order valence-electron chi connectivity index (χ2n) is 5.25. The van der Waals surface area contributed by atoms with Gasteiger partial charge in [0.05, 0.1) is 9.88 Å². The summed E-state index contributed by atoms with van der Waals surface area (Å²) >= 11 is 1.64. The number of amides is 1. The standard InChI is InChI=1S/C16H16N4OS/c1-18-15(21)12-4-2-3-11(7-12)14-8-19-16(22-14)13-5-6-20(9-13)10-17/h2-4,7-8,13H,5-6,9H2,1H3,(H,18,21). The van der Waals surface area contributed by atoms with Gasteiger partial charge in [0.25, 0.3) is 5.91 Å². The molecule has 1 aromatic heterocycles. The van der Waals surface area contributed by atoms with E-state index in [4.69, 9.17) is 5.26 Å². The summed E-state index contributed by atoms with van der Waals surface area (Å²) < 4.78 is 0. The van der Waals surface area contributed by atoms with Crippen LogP contribution in [0.1, 0.15) is 27.7 Å². The zero-order chi connectivity index (χ0) is 15.5. The van der Waals surface area contributed by atoms with Gasteiger partial charge in [0.15, 0.2) is 6.19 Å². The molecule has 0 bridgehead atoms. The van der Waals surface area contributed by atoms with Gasteiger partial charge < -0.3 is 10.2 Å². The number of thiazole rings is 1. The molecular weight excluding hydrogens is 296 g/mol. The first-order valence-electron chi connectivity index (χ1n) is 7.14. The van der Waals surface area contributed by atoms with E-state index < -0.39 is 0 Å². The molecule has 3 rings (SSSR count). The Labute approximate surface area is 133 Å². The first-order chi connectivity index (χ1) is 10.7. The SMILES string of the molecule is CNC(=O)c1cccc(-c2cnc(C3CCN(C#N)C3)s2)c1. The van der Waals surface area contributed by atoms with Crippen LogP contribution in [0.2, 0.25) is 0 Å². The molecule has 6 heteroatoms. The van der Waals surface area contributed by atoms with Crippen LogP contribution in [-0.2, 0) is 0 Å². The van der Waals surface area contributed by atoms with Gasteiger partial charge in [-0.05, 0) is 24.1 Å². The molecular formula is C16H16N4OS. The van der Waals surface area contributed by atoms with Crippen molar-refractivity contribution in [1.82, 2.24) is 15.2 Å². The van der Waals surface area contributed by atoms with Crippen LogP contribution in [0, 0.1) is 11.5 Å². The molecule has 112 valence electrons. The summed E-state index contributed by atoms with van der Waals surface area (Å²) in [4.78, 5) is 19.1. The maximum Gasteiger partial charge on any atom is 0.251 e. The van der Waals surface area contributed by atoms with Gasteiger partial charge >= 0.3 is 0 Å². The summed E-state index contributed by atoms with van der Waals surface area (Å²) in [5.74, 6) is 0.243. The zero-order valence-corrected chi connectivity index (χ0v) is 13.1. The Morgan fingerprint density at radius 2 is 2.41 bits per heavy atom. The van der Waals surface area contributed by atoms with Crippen LogP contribution >= 0.6 is 11.3 Å². The number of hydrogen-bond donors (Lipinski definition) is 1. The third kappa shape index (κ3) is 2.81. The fraction of sp³-hybridized carbons (Fsp3) is 0.312. The second kappa shape index (κ2) is 6.16. The Morgan fingerprint density at radius 3 is 3.14 bits per heavy atom. The van der Waals surface area contributed by atoms with Gasteiger partial charge in [-0.25, -0.2) is 4.98 Å². The highest BCUT2D eigenvalue weighted by Crippen LogP contribution is 2.34. The molecule has 2 heterocycles. The third-order valence-electron chi connectivity index (χ3n) is 3.84. The number of nitrogens with one attached hydrogen (secondary N) is 1. The van der Waals surface area contributed by atoms with Crippen molar-refractivity contribution >= 4 is 17.2 Å². The van der Waals surface area contributed by atoms with E-state index in [1.165, 1.54) is 0 Å². The molecule has 1 unspecified atom stereocenters.